The number of methoxy groups -OCH3 is 1. The van der Waals surface area contributed by atoms with Gasteiger partial charge in [-0.25, -0.2) is 4.79 Å². The Kier molecular flexibility index (Phi) is 8.69. The lowest BCUT2D eigenvalue weighted by Gasteiger charge is -2.14. The van der Waals surface area contributed by atoms with Gasteiger partial charge in [-0.05, 0) is 76.1 Å². The minimum Gasteiger partial charge on any atom is -0.490 e. The number of benzene rings is 2. The van der Waals surface area contributed by atoms with Crippen molar-refractivity contribution in [3.05, 3.63) is 60.9 Å². The predicted molar refractivity (Wildman–Crippen MR) is 131 cm³/mol. The third-order valence-corrected chi connectivity index (χ3v) is 6.63. The Labute approximate surface area is 213 Å². The molecule has 1 aliphatic rings. The predicted octanol–water partition coefficient (Wildman–Crippen LogP) is 5.94. The Morgan fingerprint density at radius 3 is 2.58 bits per heavy atom. The number of amides is 2. The molecular formula is C22H18BrCl2NO6S. The minimum atomic E-state index is -0.538. The zero-order chi connectivity index (χ0) is 24.1. The molecule has 0 radical (unpaired) electrons. The number of esters is 1. The number of carbonyl (C=O) groups excluding carboxylic acids is 3. The average Bonchev–Trinajstić information content (AvgIpc) is 3.03. The maximum absolute atomic E-state index is 12.9. The van der Waals surface area contributed by atoms with Crippen LogP contribution in [0.25, 0.3) is 6.08 Å². The average molecular weight is 575 g/mol. The van der Waals surface area contributed by atoms with Crippen LogP contribution in [-0.2, 0) is 20.9 Å². The van der Waals surface area contributed by atoms with Crippen LogP contribution in [0.15, 0.2) is 39.7 Å². The lowest BCUT2D eigenvalue weighted by molar-refractivity contribution is -0.143. The summed E-state index contributed by atoms with van der Waals surface area (Å²) in [7, 11) is 1.27. The van der Waals surface area contributed by atoms with E-state index in [1.807, 2.05) is 0 Å². The number of hydrogen-bond donors (Lipinski definition) is 0. The zero-order valence-electron chi connectivity index (χ0n) is 17.5. The minimum absolute atomic E-state index is 0.0765. The molecule has 3 rings (SSSR count). The molecule has 0 aliphatic carbocycles. The summed E-state index contributed by atoms with van der Waals surface area (Å²) >= 11 is 16.2. The van der Waals surface area contributed by atoms with Crippen molar-refractivity contribution in [2.24, 2.45) is 0 Å². The number of imide groups is 1. The lowest BCUT2D eigenvalue weighted by atomic mass is 10.1. The van der Waals surface area contributed by atoms with Crippen LogP contribution >= 0.6 is 50.9 Å². The molecule has 1 saturated heterocycles. The smallest absolute Gasteiger partial charge is 0.343 e. The molecule has 0 unspecified atom stereocenters. The van der Waals surface area contributed by atoms with E-state index in [0.29, 0.717) is 43.8 Å². The summed E-state index contributed by atoms with van der Waals surface area (Å²) in [5, 5.41) is 0.350. The first-order chi connectivity index (χ1) is 15.7. The van der Waals surface area contributed by atoms with Gasteiger partial charge in [-0.3, -0.25) is 14.5 Å². The van der Waals surface area contributed by atoms with E-state index in [0.717, 1.165) is 16.7 Å². The van der Waals surface area contributed by atoms with Crippen molar-refractivity contribution in [1.82, 2.24) is 4.90 Å². The van der Waals surface area contributed by atoms with Gasteiger partial charge in [-0.15, -0.1) is 0 Å². The highest BCUT2D eigenvalue weighted by molar-refractivity contribution is 9.10. The fourth-order valence-electron chi connectivity index (χ4n) is 2.87. The highest BCUT2D eigenvalue weighted by Gasteiger charge is 2.35. The fraction of sp³-hybridized carbons (Fsp3) is 0.227. The summed E-state index contributed by atoms with van der Waals surface area (Å²) in [6.45, 7) is 1.94. The first-order valence-corrected chi connectivity index (χ1v) is 11.9. The van der Waals surface area contributed by atoms with Crippen LogP contribution in [0, 0.1) is 0 Å². The molecule has 7 nitrogen and oxygen atoms in total. The summed E-state index contributed by atoms with van der Waals surface area (Å²) in [5.41, 5.74) is 1.29. The number of halogens is 3. The summed E-state index contributed by atoms with van der Waals surface area (Å²) in [4.78, 5) is 38.2. The molecule has 33 heavy (non-hydrogen) atoms. The van der Waals surface area contributed by atoms with Crippen molar-refractivity contribution in [3.8, 4) is 11.5 Å². The molecule has 1 fully saturated rings. The van der Waals surface area contributed by atoms with Crippen molar-refractivity contribution >= 4 is 74.1 Å². The quantitative estimate of drug-likeness (QED) is 0.285. The Balaban J connectivity index is 1.84. The monoisotopic (exact) mass is 573 g/mol. The number of ether oxygens (including phenoxy) is 3. The normalized spacial score (nSPS) is 14.7. The Bertz CT molecular complexity index is 1140. The second-order valence-electron chi connectivity index (χ2n) is 6.64. The van der Waals surface area contributed by atoms with E-state index >= 15 is 0 Å². The number of nitrogens with zero attached hydrogens (tertiary/aromatic N) is 1. The first-order valence-electron chi connectivity index (χ1n) is 9.58. The maximum atomic E-state index is 12.9. The Morgan fingerprint density at radius 1 is 1.15 bits per heavy atom. The van der Waals surface area contributed by atoms with Gasteiger partial charge in [0.05, 0.1) is 39.7 Å². The molecule has 1 aliphatic heterocycles. The lowest BCUT2D eigenvalue weighted by Crippen LogP contribution is -2.27. The molecule has 1 heterocycles. The van der Waals surface area contributed by atoms with E-state index in [-0.39, 0.29) is 23.3 Å². The van der Waals surface area contributed by atoms with Crippen LogP contribution < -0.4 is 9.47 Å². The molecule has 0 atom stereocenters. The molecule has 2 amide bonds. The van der Waals surface area contributed by atoms with Crippen molar-refractivity contribution in [1.29, 1.82) is 0 Å². The molecule has 2 aromatic carbocycles. The number of carbonyl (C=O) groups is 3. The van der Waals surface area contributed by atoms with Crippen LogP contribution in [0.1, 0.15) is 18.1 Å². The third kappa shape index (κ3) is 6.23. The van der Waals surface area contributed by atoms with Gasteiger partial charge < -0.3 is 14.2 Å². The fourth-order valence-corrected chi connectivity index (χ4v) is 4.61. The number of rotatable bonds is 8. The highest BCUT2D eigenvalue weighted by atomic mass is 79.9. The molecule has 0 N–H and O–H groups in total. The second-order valence-corrected chi connectivity index (χ2v) is 9.31. The highest BCUT2D eigenvalue weighted by Crippen LogP contribution is 2.39. The Morgan fingerprint density at radius 2 is 1.91 bits per heavy atom. The molecule has 0 saturated carbocycles. The van der Waals surface area contributed by atoms with Gasteiger partial charge in [0.2, 0.25) is 0 Å². The van der Waals surface area contributed by atoms with E-state index in [2.05, 4.69) is 20.7 Å². The maximum Gasteiger partial charge on any atom is 0.343 e. The van der Waals surface area contributed by atoms with Crippen LogP contribution in [0.2, 0.25) is 10.0 Å². The van der Waals surface area contributed by atoms with Crippen LogP contribution in [0.5, 0.6) is 11.5 Å². The SMILES string of the molecule is CCOc1cc(/C=C2\SC(=O)N(Cc3ccc(Cl)c(Cl)c3)C2=O)cc(Br)c1OCC(=O)OC. The van der Waals surface area contributed by atoms with E-state index in [1.165, 1.54) is 7.11 Å². The number of hydrogen-bond acceptors (Lipinski definition) is 7. The van der Waals surface area contributed by atoms with Gasteiger partial charge >= 0.3 is 5.97 Å². The van der Waals surface area contributed by atoms with Crippen molar-refractivity contribution in [3.63, 3.8) is 0 Å². The largest absolute Gasteiger partial charge is 0.490 e. The first kappa shape index (κ1) is 25.4. The van der Waals surface area contributed by atoms with Gasteiger partial charge in [0.1, 0.15) is 0 Å². The van der Waals surface area contributed by atoms with Gasteiger partial charge in [-0.1, -0.05) is 29.3 Å². The Hall–Kier alpha value is -2.20. The summed E-state index contributed by atoms with van der Waals surface area (Å²) in [6.07, 6.45) is 1.59. The van der Waals surface area contributed by atoms with Crippen molar-refractivity contribution in [2.45, 2.75) is 13.5 Å². The molecule has 2 aromatic rings. The van der Waals surface area contributed by atoms with Crippen LogP contribution in [0.3, 0.4) is 0 Å². The second kappa shape index (κ2) is 11.3. The van der Waals surface area contributed by atoms with Crippen molar-refractivity contribution in [2.75, 3.05) is 20.3 Å². The van der Waals surface area contributed by atoms with Crippen LogP contribution in [0.4, 0.5) is 4.79 Å². The molecular weight excluding hydrogens is 557 g/mol. The summed E-state index contributed by atoms with van der Waals surface area (Å²) < 4.78 is 16.2. The standard InChI is InChI=1S/C22H18BrCl2NO6S/c1-3-31-17-8-13(6-14(23)20(17)32-11-19(27)30-2)9-18-21(28)26(22(29)33-18)10-12-4-5-15(24)16(25)7-12/h4-9H,3,10-11H2,1-2H3/b18-9-. The summed E-state index contributed by atoms with van der Waals surface area (Å²) in [6, 6.07) is 8.30. The van der Waals surface area contributed by atoms with Crippen LogP contribution in [-0.4, -0.2) is 42.3 Å². The van der Waals surface area contributed by atoms with E-state index in [4.69, 9.17) is 32.7 Å². The summed E-state index contributed by atoms with van der Waals surface area (Å²) in [5.74, 6) is -0.260. The molecule has 0 bridgehead atoms. The van der Waals surface area contributed by atoms with Crippen molar-refractivity contribution < 1.29 is 28.6 Å². The number of thioether (sulfide) groups is 1. The van der Waals surface area contributed by atoms with E-state index in [1.54, 1.807) is 43.3 Å². The molecule has 11 heteroatoms. The topological polar surface area (TPSA) is 82.1 Å². The molecule has 174 valence electrons. The third-order valence-electron chi connectivity index (χ3n) is 4.39. The van der Waals surface area contributed by atoms with Gasteiger partial charge in [0.15, 0.2) is 18.1 Å². The van der Waals surface area contributed by atoms with Gasteiger partial charge in [0, 0.05) is 0 Å². The van der Waals surface area contributed by atoms with Gasteiger partial charge in [0.25, 0.3) is 11.1 Å². The van der Waals surface area contributed by atoms with Gasteiger partial charge in [-0.2, -0.15) is 0 Å². The zero-order valence-corrected chi connectivity index (χ0v) is 21.4. The van der Waals surface area contributed by atoms with E-state index in [9.17, 15) is 14.4 Å². The molecule has 0 spiro atoms. The van der Waals surface area contributed by atoms with E-state index < -0.39 is 11.9 Å². The molecule has 0 aromatic heterocycles.